The molecule has 1 aromatic carbocycles. The van der Waals surface area contributed by atoms with Crippen molar-refractivity contribution in [1.29, 1.82) is 0 Å². The topological polar surface area (TPSA) is 58.1 Å². The highest BCUT2D eigenvalue weighted by molar-refractivity contribution is 6.07. The monoisotopic (exact) mass is 361 g/mol. The number of carbonyl (C=O) groups is 1. The zero-order chi connectivity index (χ0) is 18.9. The number of nitrogens with one attached hydrogen (secondary N) is 1. The van der Waals surface area contributed by atoms with Gasteiger partial charge in [0.15, 0.2) is 0 Å². The van der Waals surface area contributed by atoms with Crippen LogP contribution in [-0.2, 0) is 12.5 Å². The lowest BCUT2D eigenvalue weighted by atomic mass is 9.94. The van der Waals surface area contributed by atoms with E-state index in [-0.39, 0.29) is 16.9 Å². The lowest BCUT2D eigenvalue weighted by molar-refractivity contribution is 0.0774. The fourth-order valence-electron chi connectivity index (χ4n) is 4.95. The minimum atomic E-state index is -0.197. The van der Waals surface area contributed by atoms with Crippen molar-refractivity contribution >= 4 is 16.8 Å². The summed E-state index contributed by atoms with van der Waals surface area (Å²) >= 11 is 0. The summed E-state index contributed by atoms with van der Waals surface area (Å²) in [7, 11) is 1.89. The maximum Gasteiger partial charge on any atom is 0.258 e. The molecule has 1 amide bonds. The molecule has 3 aromatic rings. The molecule has 2 aliphatic rings. The number of H-pyrrole nitrogens is 1. The van der Waals surface area contributed by atoms with Gasteiger partial charge < -0.3 is 14.5 Å². The van der Waals surface area contributed by atoms with Crippen LogP contribution in [0.25, 0.3) is 10.9 Å². The number of piperidine rings is 1. The van der Waals surface area contributed by atoms with E-state index in [2.05, 4.69) is 36.2 Å². The first-order valence-corrected chi connectivity index (χ1v) is 9.44. The minimum absolute atomic E-state index is 0.0320. The number of nitrogens with zero attached hydrogens (tertiary/aromatic N) is 2. The van der Waals surface area contributed by atoms with E-state index in [1.807, 2.05) is 23.4 Å². The second-order valence-corrected chi connectivity index (χ2v) is 8.29. The van der Waals surface area contributed by atoms with E-state index in [4.69, 9.17) is 0 Å². The van der Waals surface area contributed by atoms with Crippen LogP contribution in [0.2, 0.25) is 0 Å². The normalized spacial score (nSPS) is 23.7. The van der Waals surface area contributed by atoms with Gasteiger partial charge in [0.1, 0.15) is 0 Å². The standard InChI is InChI=1S/C22H23N3O2/c1-13-4-6-15(7-5-13)22-8-16(22)10-25(12-22)21(27)17-11-24(3)19-14(2)9-23-20(26)18(17)19/h4-7,9,11,16H,8,10,12H2,1-3H3,(H,23,26). The third-order valence-electron chi connectivity index (χ3n) is 6.49. The molecule has 0 radical (unpaired) electrons. The van der Waals surface area contributed by atoms with Gasteiger partial charge in [-0.25, -0.2) is 0 Å². The van der Waals surface area contributed by atoms with Crippen LogP contribution in [0.1, 0.15) is 33.5 Å². The largest absolute Gasteiger partial charge is 0.349 e. The van der Waals surface area contributed by atoms with Crippen molar-refractivity contribution < 1.29 is 4.79 Å². The van der Waals surface area contributed by atoms with E-state index >= 15 is 0 Å². The summed E-state index contributed by atoms with van der Waals surface area (Å²) in [5.41, 5.74) is 4.81. The van der Waals surface area contributed by atoms with E-state index in [9.17, 15) is 9.59 Å². The molecule has 1 saturated carbocycles. The first kappa shape index (κ1) is 16.4. The fraction of sp³-hybridized carbons (Fsp3) is 0.364. The number of hydrogen-bond donors (Lipinski definition) is 1. The Morgan fingerprint density at radius 3 is 2.70 bits per heavy atom. The molecule has 1 aliphatic heterocycles. The highest BCUT2D eigenvalue weighted by Gasteiger charge is 2.61. The lowest BCUT2D eigenvalue weighted by Crippen LogP contribution is -2.33. The Morgan fingerprint density at radius 1 is 1.22 bits per heavy atom. The van der Waals surface area contributed by atoms with Crippen LogP contribution in [-0.4, -0.2) is 33.4 Å². The van der Waals surface area contributed by atoms with E-state index in [0.29, 0.717) is 16.9 Å². The molecule has 1 saturated heterocycles. The van der Waals surface area contributed by atoms with Gasteiger partial charge in [0.05, 0.1) is 16.5 Å². The molecule has 2 atom stereocenters. The first-order chi connectivity index (χ1) is 12.9. The molecular formula is C22H23N3O2. The van der Waals surface area contributed by atoms with Gasteiger partial charge >= 0.3 is 0 Å². The van der Waals surface area contributed by atoms with Gasteiger partial charge in [0.25, 0.3) is 11.5 Å². The molecule has 5 nitrogen and oxygen atoms in total. The van der Waals surface area contributed by atoms with Crippen molar-refractivity contribution in [3.63, 3.8) is 0 Å². The highest BCUT2D eigenvalue weighted by Crippen LogP contribution is 2.59. The van der Waals surface area contributed by atoms with Crippen molar-refractivity contribution in [2.45, 2.75) is 25.7 Å². The summed E-state index contributed by atoms with van der Waals surface area (Å²) in [4.78, 5) is 30.4. The first-order valence-electron chi connectivity index (χ1n) is 9.44. The number of likely N-dealkylation sites (tertiary alicyclic amines) is 1. The second kappa shape index (κ2) is 5.35. The zero-order valence-electron chi connectivity index (χ0n) is 15.9. The predicted octanol–water partition coefficient (Wildman–Crippen LogP) is 2.90. The number of aromatic amines is 1. The molecule has 1 aliphatic carbocycles. The van der Waals surface area contributed by atoms with Gasteiger partial charge in [-0.1, -0.05) is 29.8 Å². The number of rotatable bonds is 2. The van der Waals surface area contributed by atoms with Crippen LogP contribution in [0, 0.1) is 19.8 Å². The van der Waals surface area contributed by atoms with Crippen molar-refractivity contribution in [3.05, 3.63) is 69.3 Å². The molecule has 0 bridgehead atoms. The average Bonchev–Trinajstić information content (AvgIpc) is 3.03. The minimum Gasteiger partial charge on any atom is -0.349 e. The third kappa shape index (κ3) is 2.24. The molecule has 27 heavy (non-hydrogen) atoms. The second-order valence-electron chi connectivity index (χ2n) is 8.29. The number of pyridine rings is 1. The van der Waals surface area contributed by atoms with Gasteiger partial charge in [-0.2, -0.15) is 0 Å². The fourth-order valence-corrected chi connectivity index (χ4v) is 4.95. The molecular weight excluding hydrogens is 338 g/mol. The molecule has 5 heteroatoms. The molecule has 5 rings (SSSR count). The van der Waals surface area contributed by atoms with E-state index < -0.39 is 0 Å². The van der Waals surface area contributed by atoms with Gasteiger partial charge in [0.2, 0.25) is 0 Å². The Bertz CT molecular complexity index is 1140. The van der Waals surface area contributed by atoms with Crippen LogP contribution in [0.15, 0.2) is 41.5 Å². The van der Waals surface area contributed by atoms with Crippen molar-refractivity contribution in [2.75, 3.05) is 13.1 Å². The lowest BCUT2D eigenvalue weighted by Gasteiger charge is -2.21. The van der Waals surface area contributed by atoms with Crippen molar-refractivity contribution in [2.24, 2.45) is 13.0 Å². The third-order valence-corrected chi connectivity index (χ3v) is 6.49. The van der Waals surface area contributed by atoms with E-state index in [0.717, 1.165) is 30.6 Å². The molecule has 2 fully saturated rings. The Hall–Kier alpha value is -2.82. The van der Waals surface area contributed by atoms with E-state index in [1.165, 1.54) is 11.1 Å². The average molecular weight is 361 g/mol. The quantitative estimate of drug-likeness (QED) is 0.763. The summed E-state index contributed by atoms with van der Waals surface area (Å²) in [5.74, 6) is 0.495. The van der Waals surface area contributed by atoms with Gasteiger partial charge in [-0.3, -0.25) is 9.59 Å². The number of aromatic nitrogens is 2. The van der Waals surface area contributed by atoms with Crippen LogP contribution in [0.5, 0.6) is 0 Å². The van der Waals surface area contributed by atoms with E-state index in [1.54, 1.807) is 12.4 Å². The number of benzene rings is 1. The Morgan fingerprint density at radius 2 is 1.96 bits per heavy atom. The maximum atomic E-state index is 13.3. The van der Waals surface area contributed by atoms with Crippen LogP contribution < -0.4 is 5.56 Å². The number of fused-ring (bicyclic) bond motifs is 2. The summed E-state index contributed by atoms with van der Waals surface area (Å²) in [6, 6.07) is 8.71. The summed E-state index contributed by atoms with van der Waals surface area (Å²) in [5, 5.41) is 0.507. The molecule has 3 heterocycles. The number of hydrogen-bond acceptors (Lipinski definition) is 2. The smallest absolute Gasteiger partial charge is 0.258 e. The summed E-state index contributed by atoms with van der Waals surface area (Å²) in [6.07, 6.45) is 4.66. The summed E-state index contributed by atoms with van der Waals surface area (Å²) < 4.78 is 1.89. The highest BCUT2D eigenvalue weighted by atomic mass is 16.2. The number of amides is 1. The van der Waals surface area contributed by atoms with Gasteiger partial charge in [-0.05, 0) is 37.3 Å². The number of carbonyl (C=O) groups excluding carboxylic acids is 1. The van der Waals surface area contributed by atoms with Crippen molar-refractivity contribution in [3.8, 4) is 0 Å². The Kier molecular flexibility index (Phi) is 3.24. The van der Waals surface area contributed by atoms with Crippen molar-refractivity contribution in [1.82, 2.24) is 14.5 Å². The van der Waals surface area contributed by atoms with Crippen LogP contribution in [0.4, 0.5) is 0 Å². The molecule has 2 unspecified atom stereocenters. The Balaban J connectivity index is 1.50. The SMILES string of the molecule is Cc1ccc(C23CC2CN(C(=O)c2cn(C)c4c(C)c[nH]c(=O)c24)C3)cc1. The zero-order valence-corrected chi connectivity index (χ0v) is 15.9. The van der Waals surface area contributed by atoms with Gasteiger partial charge in [0, 0.05) is 37.9 Å². The molecule has 0 spiro atoms. The molecule has 2 aromatic heterocycles. The van der Waals surface area contributed by atoms with Crippen LogP contribution >= 0.6 is 0 Å². The van der Waals surface area contributed by atoms with Gasteiger partial charge in [-0.15, -0.1) is 0 Å². The maximum absolute atomic E-state index is 13.3. The summed E-state index contributed by atoms with van der Waals surface area (Å²) in [6.45, 7) is 5.55. The number of aryl methyl sites for hydroxylation is 3. The predicted molar refractivity (Wildman–Crippen MR) is 105 cm³/mol. The Labute approximate surface area is 157 Å². The molecule has 138 valence electrons. The van der Waals surface area contributed by atoms with Crippen LogP contribution in [0.3, 0.4) is 0 Å². The molecule has 1 N–H and O–H groups in total.